The van der Waals surface area contributed by atoms with Crippen LogP contribution in [-0.2, 0) is 10.0 Å². The molecule has 0 saturated carbocycles. The van der Waals surface area contributed by atoms with E-state index in [2.05, 4.69) is 14.8 Å². The number of fused-ring (bicyclic) bond motifs is 1. The Morgan fingerprint density at radius 2 is 1.77 bits per heavy atom. The second kappa shape index (κ2) is 7.84. The summed E-state index contributed by atoms with van der Waals surface area (Å²) in [4.78, 5) is 16.5. The number of aromatic carboxylic acids is 1. The molecule has 0 fully saturated rings. The maximum Gasteiger partial charge on any atom is 0.343 e. The van der Waals surface area contributed by atoms with Crippen LogP contribution in [0.5, 0.6) is 0 Å². The molecule has 8 nitrogen and oxygen atoms in total. The zero-order chi connectivity index (χ0) is 22.3. The average Bonchev–Trinajstić information content (AvgIpc) is 3.04. The van der Waals surface area contributed by atoms with E-state index in [0.29, 0.717) is 32.6 Å². The summed E-state index contributed by atoms with van der Waals surface area (Å²) >= 11 is 12.3. The fourth-order valence-corrected chi connectivity index (χ4v) is 3.95. The molecule has 158 valence electrons. The van der Waals surface area contributed by atoms with E-state index < -0.39 is 16.0 Å². The molecule has 0 bridgehead atoms. The highest BCUT2D eigenvalue weighted by atomic mass is 35.5. The third-order valence-corrected chi connectivity index (χ3v) is 5.52. The lowest BCUT2D eigenvalue weighted by atomic mass is 10.1. The highest BCUT2D eigenvalue weighted by molar-refractivity contribution is 7.92. The van der Waals surface area contributed by atoms with E-state index in [1.54, 1.807) is 54.6 Å². The van der Waals surface area contributed by atoms with Crippen molar-refractivity contribution >= 4 is 50.7 Å². The van der Waals surface area contributed by atoms with Crippen molar-refractivity contribution in [1.82, 2.24) is 14.6 Å². The van der Waals surface area contributed by atoms with Crippen LogP contribution in [0.25, 0.3) is 28.2 Å². The smallest absolute Gasteiger partial charge is 0.343 e. The number of sulfonamides is 1. The summed E-state index contributed by atoms with van der Waals surface area (Å²) in [6.45, 7) is 0. The van der Waals surface area contributed by atoms with E-state index >= 15 is 0 Å². The van der Waals surface area contributed by atoms with Gasteiger partial charge in [-0.15, -0.1) is 5.10 Å². The lowest BCUT2D eigenvalue weighted by molar-refractivity contribution is 0.0700. The number of carboxylic acid groups (broad SMARTS) is 1. The van der Waals surface area contributed by atoms with E-state index in [0.717, 1.165) is 6.26 Å². The molecule has 2 heterocycles. The molecule has 0 radical (unpaired) electrons. The molecule has 31 heavy (non-hydrogen) atoms. The van der Waals surface area contributed by atoms with Gasteiger partial charge in [0.2, 0.25) is 10.0 Å². The summed E-state index contributed by atoms with van der Waals surface area (Å²) < 4.78 is 27.0. The average molecular weight is 477 g/mol. The molecule has 0 aliphatic heterocycles. The van der Waals surface area contributed by atoms with Gasteiger partial charge in [0.05, 0.1) is 17.6 Å². The van der Waals surface area contributed by atoms with Gasteiger partial charge in [0, 0.05) is 21.2 Å². The molecule has 0 amide bonds. The summed E-state index contributed by atoms with van der Waals surface area (Å²) in [5, 5.41) is 14.9. The van der Waals surface area contributed by atoms with E-state index in [4.69, 9.17) is 23.2 Å². The van der Waals surface area contributed by atoms with E-state index in [9.17, 15) is 18.3 Å². The maximum absolute atomic E-state index is 12.0. The lowest BCUT2D eigenvalue weighted by Crippen LogP contribution is -2.12. The number of hydrogen-bond donors (Lipinski definition) is 2. The van der Waals surface area contributed by atoms with Crippen LogP contribution in [-0.4, -0.2) is 40.3 Å². The number of nitrogens with one attached hydrogen (secondary N) is 1. The molecule has 0 spiro atoms. The van der Waals surface area contributed by atoms with Crippen molar-refractivity contribution < 1.29 is 18.3 Å². The van der Waals surface area contributed by atoms with Crippen molar-refractivity contribution in [3.63, 3.8) is 0 Å². The number of rotatable bonds is 5. The number of halogens is 2. The van der Waals surface area contributed by atoms with Gasteiger partial charge >= 0.3 is 5.97 Å². The Labute approximate surface area is 187 Å². The van der Waals surface area contributed by atoms with Crippen molar-refractivity contribution in [2.24, 2.45) is 0 Å². The minimum Gasteiger partial charge on any atom is -0.477 e. The van der Waals surface area contributed by atoms with Crippen molar-refractivity contribution in [2.75, 3.05) is 11.0 Å². The number of benzene rings is 2. The van der Waals surface area contributed by atoms with Crippen LogP contribution >= 0.6 is 23.2 Å². The van der Waals surface area contributed by atoms with Gasteiger partial charge in [-0.05, 0) is 24.3 Å². The predicted molar refractivity (Wildman–Crippen MR) is 119 cm³/mol. The van der Waals surface area contributed by atoms with Crippen molar-refractivity contribution in [3.8, 4) is 22.5 Å². The molecule has 0 saturated heterocycles. The molecule has 4 aromatic rings. The normalized spacial score (nSPS) is 11.6. The molecule has 0 aliphatic rings. The predicted octanol–water partition coefficient (Wildman–Crippen LogP) is 4.44. The third-order valence-electron chi connectivity index (χ3n) is 4.37. The van der Waals surface area contributed by atoms with Crippen molar-refractivity contribution in [3.05, 3.63) is 70.2 Å². The summed E-state index contributed by atoms with van der Waals surface area (Å²) in [6, 6.07) is 15.5. The summed E-state index contributed by atoms with van der Waals surface area (Å²) in [7, 11) is -3.79. The van der Waals surface area contributed by atoms with E-state index in [1.807, 2.05) is 0 Å². The van der Waals surface area contributed by atoms with Crippen LogP contribution in [0.4, 0.5) is 5.82 Å². The molecule has 0 aliphatic carbocycles. The second-order valence-corrected chi connectivity index (χ2v) is 9.24. The summed E-state index contributed by atoms with van der Waals surface area (Å²) in [6.07, 6.45) is 0.908. The Kier molecular flexibility index (Phi) is 5.34. The Hall–Kier alpha value is -3.14. The first-order valence-electron chi connectivity index (χ1n) is 8.80. The van der Waals surface area contributed by atoms with Gasteiger partial charge in [0.1, 0.15) is 5.56 Å². The molecule has 4 rings (SSSR count). The lowest BCUT2D eigenvalue weighted by Gasteiger charge is -2.10. The fraction of sp³-hybridized carbons (Fsp3) is 0.0500. The van der Waals surface area contributed by atoms with Gasteiger partial charge in [-0.3, -0.25) is 4.72 Å². The van der Waals surface area contributed by atoms with Gasteiger partial charge in [0.15, 0.2) is 11.5 Å². The maximum atomic E-state index is 12.0. The Morgan fingerprint density at radius 3 is 2.39 bits per heavy atom. The molecule has 0 atom stereocenters. The van der Waals surface area contributed by atoms with Crippen LogP contribution in [0.3, 0.4) is 0 Å². The first-order valence-corrected chi connectivity index (χ1v) is 11.4. The Morgan fingerprint density at radius 1 is 1.10 bits per heavy atom. The molecule has 0 unspecified atom stereocenters. The highest BCUT2D eigenvalue weighted by Gasteiger charge is 2.25. The van der Waals surface area contributed by atoms with E-state index in [-0.39, 0.29) is 17.0 Å². The van der Waals surface area contributed by atoms with Gasteiger partial charge in [-0.25, -0.2) is 22.7 Å². The monoisotopic (exact) mass is 476 g/mol. The van der Waals surface area contributed by atoms with Gasteiger partial charge in [-0.1, -0.05) is 53.5 Å². The quantitative estimate of drug-likeness (QED) is 0.440. The summed E-state index contributed by atoms with van der Waals surface area (Å²) in [5.74, 6) is -1.72. The van der Waals surface area contributed by atoms with Gasteiger partial charge in [0.25, 0.3) is 0 Å². The fourth-order valence-electron chi connectivity index (χ4n) is 3.09. The SMILES string of the molecule is CS(=O)(=O)Nc1nn2c(-c3ccc(Cl)cc3)cc(-c3ccccc3Cl)nc2c1C(=O)O. The zero-order valence-electron chi connectivity index (χ0n) is 15.9. The van der Waals surface area contributed by atoms with Gasteiger partial charge < -0.3 is 5.11 Å². The number of carboxylic acids is 1. The number of aromatic nitrogens is 3. The molecular weight excluding hydrogens is 463 g/mol. The Balaban J connectivity index is 2.10. The topological polar surface area (TPSA) is 114 Å². The van der Waals surface area contributed by atoms with E-state index in [1.165, 1.54) is 4.52 Å². The number of hydrogen-bond acceptors (Lipinski definition) is 5. The second-order valence-electron chi connectivity index (χ2n) is 6.65. The Bertz CT molecular complexity index is 1430. The number of nitrogens with zero attached hydrogens (tertiary/aromatic N) is 3. The van der Waals surface area contributed by atoms with Crippen LogP contribution < -0.4 is 4.72 Å². The van der Waals surface area contributed by atoms with Crippen LogP contribution in [0.2, 0.25) is 10.0 Å². The molecular formula is C20H14Cl2N4O4S. The number of anilines is 1. The highest BCUT2D eigenvalue weighted by Crippen LogP contribution is 2.33. The molecule has 11 heteroatoms. The minimum absolute atomic E-state index is 0.0407. The zero-order valence-corrected chi connectivity index (χ0v) is 18.2. The van der Waals surface area contributed by atoms with Crippen molar-refractivity contribution in [2.45, 2.75) is 0 Å². The standard InChI is InChI=1S/C20H14Cl2N4O4S/c1-31(29,30)25-18-17(20(27)28)19-23-15(13-4-2-3-5-14(13)22)10-16(26(19)24-18)11-6-8-12(21)9-7-11/h2-10H,1H3,(H,24,25)(H,27,28). The molecule has 2 aromatic heterocycles. The largest absolute Gasteiger partial charge is 0.477 e. The first-order chi connectivity index (χ1) is 14.6. The third kappa shape index (κ3) is 4.20. The minimum atomic E-state index is -3.79. The van der Waals surface area contributed by atoms with Crippen LogP contribution in [0.1, 0.15) is 10.4 Å². The molecule has 2 N–H and O–H groups in total. The van der Waals surface area contributed by atoms with Crippen molar-refractivity contribution in [1.29, 1.82) is 0 Å². The van der Waals surface area contributed by atoms with Crippen LogP contribution in [0.15, 0.2) is 54.6 Å². The van der Waals surface area contributed by atoms with Crippen LogP contribution in [0, 0.1) is 0 Å². The van der Waals surface area contributed by atoms with Gasteiger partial charge in [-0.2, -0.15) is 0 Å². The summed E-state index contributed by atoms with van der Waals surface area (Å²) in [5.41, 5.74) is 1.69. The first kappa shape index (κ1) is 21.1. The number of carbonyl (C=O) groups is 1. The molecule has 2 aromatic carbocycles.